The molecule has 11 heteroatoms. The first-order chi connectivity index (χ1) is 12.8. The number of nitrogens with one attached hydrogen (secondary N) is 1. The summed E-state index contributed by atoms with van der Waals surface area (Å²) in [6.45, 7) is 5.83. The zero-order valence-electron chi connectivity index (χ0n) is 15.4. The van der Waals surface area contributed by atoms with E-state index >= 15 is 0 Å². The van der Waals surface area contributed by atoms with E-state index in [0.717, 1.165) is 24.7 Å². The second kappa shape index (κ2) is 6.57. The number of aromatic nitrogens is 6. The van der Waals surface area contributed by atoms with Gasteiger partial charge < -0.3 is 9.47 Å². The molecule has 0 spiro atoms. The van der Waals surface area contributed by atoms with Crippen molar-refractivity contribution in [2.75, 3.05) is 24.5 Å². The number of hydrogen-bond acceptors (Lipinski definition) is 7. The minimum atomic E-state index is -3.61. The number of sulfonamides is 1. The van der Waals surface area contributed by atoms with Crippen LogP contribution in [0.15, 0.2) is 29.7 Å². The fourth-order valence-corrected chi connectivity index (χ4v) is 4.31. The van der Waals surface area contributed by atoms with Gasteiger partial charge in [-0.1, -0.05) is 13.8 Å². The number of hydrogen-bond donors (Lipinski definition) is 1. The SMILES string of the molecule is CC(C)c1nc(S(=O)(=O)NCC2CN(c3ccc4nncn4n3)C2)cn1C. The molecule has 1 aliphatic rings. The van der Waals surface area contributed by atoms with Gasteiger partial charge >= 0.3 is 0 Å². The first-order valence-electron chi connectivity index (χ1n) is 8.78. The van der Waals surface area contributed by atoms with E-state index in [2.05, 4.69) is 29.9 Å². The van der Waals surface area contributed by atoms with Gasteiger partial charge in [0.1, 0.15) is 18.0 Å². The Labute approximate surface area is 157 Å². The summed E-state index contributed by atoms with van der Waals surface area (Å²) < 4.78 is 31.1. The molecule has 0 aliphatic carbocycles. The van der Waals surface area contributed by atoms with Crippen molar-refractivity contribution in [2.45, 2.75) is 24.8 Å². The van der Waals surface area contributed by atoms with E-state index in [1.165, 1.54) is 0 Å². The highest BCUT2D eigenvalue weighted by atomic mass is 32.2. The van der Waals surface area contributed by atoms with Gasteiger partial charge in [0.05, 0.1) is 0 Å². The standard InChI is InChI=1S/C16H22N8O2S/c1-11(2)16-19-15(9-22(16)3)27(25,26)18-6-12-7-23(8-12)14-5-4-13-20-17-10-24(13)21-14/h4-5,9-12,18H,6-8H2,1-3H3. The highest BCUT2D eigenvalue weighted by Crippen LogP contribution is 2.23. The van der Waals surface area contributed by atoms with Gasteiger partial charge in [-0.2, -0.15) is 4.52 Å². The Kier molecular flexibility index (Phi) is 4.35. The Balaban J connectivity index is 1.35. The van der Waals surface area contributed by atoms with Crippen LogP contribution in [0.1, 0.15) is 25.6 Å². The molecular weight excluding hydrogens is 368 g/mol. The highest BCUT2D eigenvalue weighted by molar-refractivity contribution is 7.89. The summed E-state index contributed by atoms with van der Waals surface area (Å²) in [5.74, 6) is 1.97. The smallest absolute Gasteiger partial charge is 0.259 e. The number of nitrogens with zero attached hydrogens (tertiary/aromatic N) is 7. The van der Waals surface area contributed by atoms with Crippen molar-refractivity contribution < 1.29 is 8.42 Å². The van der Waals surface area contributed by atoms with Crippen LogP contribution in [0.3, 0.4) is 0 Å². The average Bonchev–Trinajstić information content (AvgIpc) is 3.19. The van der Waals surface area contributed by atoms with Crippen molar-refractivity contribution in [1.29, 1.82) is 0 Å². The molecule has 0 radical (unpaired) electrons. The molecule has 4 heterocycles. The Morgan fingerprint density at radius 2 is 2.07 bits per heavy atom. The van der Waals surface area contributed by atoms with Crippen LogP contribution in [0.25, 0.3) is 5.65 Å². The Morgan fingerprint density at radius 1 is 1.30 bits per heavy atom. The molecule has 0 atom stereocenters. The first-order valence-corrected chi connectivity index (χ1v) is 10.3. The van der Waals surface area contributed by atoms with E-state index < -0.39 is 10.0 Å². The zero-order chi connectivity index (χ0) is 19.2. The van der Waals surface area contributed by atoms with E-state index in [9.17, 15) is 8.42 Å². The molecule has 1 aliphatic heterocycles. The molecule has 27 heavy (non-hydrogen) atoms. The number of imidazole rings is 1. The van der Waals surface area contributed by atoms with Crippen LogP contribution in [0.2, 0.25) is 0 Å². The molecule has 1 N–H and O–H groups in total. The van der Waals surface area contributed by atoms with Gasteiger partial charge in [0, 0.05) is 44.7 Å². The van der Waals surface area contributed by atoms with Gasteiger partial charge in [0.15, 0.2) is 10.7 Å². The predicted molar refractivity (Wildman–Crippen MR) is 99.0 cm³/mol. The molecule has 0 unspecified atom stereocenters. The fourth-order valence-electron chi connectivity index (χ4n) is 3.19. The van der Waals surface area contributed by atoms with Crippen LogP contribution >= 0.6 is 0 Å². The molecule has 0 aromatic carbocycles. The van der Waals surface area contributed by atoms with Gasteiger partial charge in [-0.25, -0.2) is 18.1 Å². The third-order valence-electron chi connectivity index (χ3n) is 4.67. The topological polar surface area (TPSA) is 110 Å². The quantitative estimate of drug-likeness (QED) is 0.648. The molecule has 3 aromatic rings. The highest BCUT2D eigenvalue weighted by Gasteiger charge is 2.30. The van der Waals surface area contributed by atoms with E-state index in [0.29, 0.717) is 12.2 Å². The Bertz CT molecular complexity index is 1070. The van der Waals surface area contributed by atoms with Crippen LogP contribution in [0.5, 0.6) is 0 Å². The van der Waals surface area contributed by atoms with Crippen molar-refractivity contribution in [2.24, 2.45) is 13.0 Å². The van der Waals surface area contributed by atoms with Crippen molar-refractivity contribution in [1.82, 2.24) is 34.1 Å². The molecule has 1 saturated heterocycles. The number of anilines is 1. The summed E-state index contributed by atoms with van der Waals surface area (Å²) in [6, 6.07) is 3.75. The van der Waals surface area contributed by atoms with Crippen LogP contribution < -0.4 is 9.62 Å². The van der Waals surface area contributed by atoms with Gasteiger partial charge in [0.2, 0.25) is 0 Å². The van der Waals surface area contributed by atoms with Crippen molar-refractivity contribution in [3.8, 4) is 0 Å². The predicted octanol–water partition coefficient (Wildman–Crippen LogP) is 0.396. The minimum Gasteiger partial charge on any atom is -0.354 e. The van der Waals surface area contributed by atoms with E-state index in [1.54, 1.807) is 21.6 Å². The molecule has 4 rings (SSSR count). The zero-order valence-corrected chi connectivity index (χ0v) is 16.3. The van der Waals surface area contributed by atoms with Gasteiger partial charge in [-0.15, -0.1) is 15.3 Å². The van der Waals surface area contributed by atoms with E-state index in [1.807, 2.05) is 33.0 Å². The van der Waals surface area contributed by atoms with Gasteiger partial charge in [0.25, 0.3) is 10.0 Å². The average molecular weight is 390 g/mol. The summed E-state index contributed by atoms with van der Waals surface area (Å²) in [7, 11) is -1.80. The maximum absolute atomic E-state index is 12.5. The van der Waals surface area contributed by atoms with Crippen LogP contribution in [0.4, 0.5) is 5.82 Å². The van der Waals surface area contributed by atoms with E-state index in [4.69, 9.17) is 0 Å². The third-order valence-corrected chi connectivity index (χ3v) is 5.97. The minimum absolute atomic E-state index is 0.0737. The maximum atomic E-state index is 12.5. The van der Waals surface area contributed by atoms with E-state index in [-0.39, 0.29) is 16.9 Å². The van der Waals surface area contributed by atoms with Crippen LogP contribution in [-0.4, -0.2) is 57.4 Å². The largest absolute Gasteiger partial charge is 0.354 e. The third kappa shape index (κ3) is 3.39. The normalized spacial score (nSPS) is 15.6. The lowest BCUT2D eigenvalue weighted by Gasteiger charge is -2.39. The second-order valence-corrected chi connectivity index (χ2v) is 8.86. The molecule has 1 fully saturated rings. The van der Waals surface area contributed by atoms with Crippen LogP contribution in [-0.2, 0) is 17.1 Å². The summed E-state index contributed by atoms with van der Waals surface area (Å²) in [4.78, 5) is 6.36. The van der Waals surface area contributed by atoms with Gasteiger partial charge in [-0.3, -0.25) is 0 Å². The molecule has 0 saturated carbocycles. The molecule has 144 valence electrons. The first kappa shape index (κ1) is 17.9. The lowest BCUT2D eigenvalue weighted by atomic mass is 10.0. The molecule has 0 bridgehead atoms. The van der Waals surface area contributed by atoms with Crippen molar-refractivity contribution in [3.63, 3.8) is 0 Å². The summed E-state index contributed by atoms with van der Waals surface area (Å²) in [5, 5.41) is 12.3. The summed E-state index contributed by atoms with van der Waals surface area (Å²) in [6.07, 6.45) is 3.12. The second-order valence-electron chi connectivity index (χ2n) is 7.15. The lowest BCUT2D eigenvalue weighted by molar-refractivity contribution is 0.401. The number of aryl methyl sites for hydroxylation is 1. The fraction of sp³-hybridized carbons (Fsp3) is 0.500. The Morgan fingerprint density at radius 3 is 2.78 bits per heavy atom. The summed E-state index contributed by atoms with van der Waals surface area (Å²) in [5.41, 5.74) is 0.694. The van der Waals surface area contributed by atoms with Crippen molar-refractivity contribution >= 4 is 21.5 Å². The summed E-state index contributed by atoms with van der Waals surface area (Å²) >= 11 is 0. The molecule has 0 amide bonds. The van der Waals surface area contributed by atoms with Gasteiger partial charge in [-0.05, 0) is 12.1 Å². The van der Waals surface area contributed by atoms with Crippen LogP contribution in [0, 0.1) is 5.92 Å². The lowest BCUT2D eigenvalue weighted by Crippen LogP contribution is -2.52. The molecular formula is C16H22N8O2S. The maximum Gasteiger partial charge on any atom is 0.259 e. The Hall–Kier alpha value is -2.53. The molecule has 3 aromatic heterocycles. The number of fused-ring (bicyclic) bond motifs is 1. The number of rotatable bonds is 6. The monoisotopic (exact) mass is 390 g/mol. The molecule has 10 nitrogen and oxygen atoms in total. The van der Waals surface area contributed by atoms with Crippen molar-refractivity contribution in [3.05, 3.63) is 30.5 Å².